The topological polar surface area (TPSA) is 72.7 Å². The number of carbonyl (C=O) groups is 1. The SMILES string of the molecule is CCCn1c(SC(C)C(=O)Nc2ccccc2Sc2ccccc2)nnc1-c1ccncc1. The lowest BCUT2D eigenvalue weighted by Gasteiger charge is -2.15. The van der Waals surface area contributed by atoms with Gasteiger partial charge in [-0.25, -0.2) is 0 Å². The van der Waals surface area contributed by atoms with E-state index in [1.54, 1.807) is 24.2 Å². The molecule has 0 aliphatic heterocycles. The van der Waals surface area contributed by atoms with E-state index >= 15 is 0 Å². The van der Waals surface area contributed by atoms with Crippen LogP contribution in [-0.4, -0.2) is 30.9 Å². The Balaban J connectivity index is 1.49. The molecule has 1 unspecified atom stereocenters. The van der Waals surface area contributed by atoms with Crippen LogP contribution in [0.3, 0.4) is 0 Å². The largest absolute Gasteiger partial charge is 0.324 e. The average molecular weight is 476 g/mol. The predicted octanol–water partition coefficient (Wildman–Crippen LogP) is 6.02. The molecule has 1 N–H and O–H groups in total. The third kappa shape index (κ3) is 5.83. The molecule has 0 fully saturated rings. The van der Waals surface area contributed by atoms with Gasteiger partial charge in [0.1, 0.15) is 0 Å². The van der Waals surface area contributed by atoms with Crippen LogP contribution >= 0.6 is 23.5 Å². The molecular weight excluding hydrogens is 450 g/mol. The molecule has 1 amide bonds. The lowest BCUT2D eigenvalue weighted by molar-refractivity contribution is -0.115. The molecule has 8 heteroatoms. The summed E-state index contributed by atoms with van der Waals surface area (Å²) in [6.45, 7) is 4.78. The van der Waals surface area contributed by atoms with Gasteiger partial charge >= 0.3 is 0 Å². The third-order valence-corrected chi connectivity index (χ3v) is 7.03. The number of nitrogens with one attached hydrogen (secondary N) is 1. The van der Waals surface area contributed by atoms with E-state index in [1.165, 1.54) is 11.8 Å². The molecule has 2 heterocycles. The zero-order valence-corrected chi connectivity index (χ0v) is 20.1. The van der Waals surface area contributed by atoms with E-state index in [9.17, 15) is 4.79 Å². The monoisotopic (exact) mass is 475 g/mol. The fraction of sp³-hybridized carbons (Fsp3) is 0.200. The lowest BCUT2D eigenvalue weighted by Crippen LogP contribution is -2.23. The minimum atomic E-state index is -0.343. The number of rotatable bonds is 9. The fourth-order valence-electron chi connectivity index (χ4n) is 3.24. The number of hydrogen-bond donors (Lipinski definition) is 1. The van der Waals surface area contributed by atoms with Crippen molar-refractivity contribution in [3.05, 3.63) is 79.1 Å². The zero-order chi connectivity index (χ0) is 23.0. The normalized spacial score (nSPS) is 11.8. The Bertz CT molecular complexity index is 1200. The van der Waals surface area contributed by atoms with Crippen molar-refractivity contribution in [2.75, 3.05) is 5.32 Å². The van der Waals surface area contributed by atoms with Gasteiger partial charge in [-0.2, -0.15) is 0 Å². The molecule has 4 rings (SSSR count). The van der Waals surface area contributed by atoms with Crippen molar-refractivity contribution in [2.24, 2.45) is 0 Å². The van der Waals surface area contributed by atoms with E-state index in [0.717, 1.165) is 45.0 Å². The Morgan fingerprint density at radius 3 is 2.48 bits per heavy atom. The van der Waals surface area contributed by atoms with Gasteiger partial charge in [-0.3, -0.25) is 9.78 Å². The van der Waals surface area contributed by atoms with Crippen molar-refractivity contribution in [3.8, 4) is 11.4 Å². The number of para-hydroxylation sites is 1. The quantitative estimate of drug-likeness (QED) is 0.298. The summed E-state index contributed by atoms with van der Waals surface area (Å²) >= 11 is 3.05. The maximum atomic E-state index is 13.1. The van der Waals surface area contributed by atoms with Crippen LogP contribution in [0.25, 0.3) is 11.4 Å². The third-order valence-electron chi connectivity index (χ3n) is 4.87. The molecular formula is C25H25N5OS2. The van der Waals surface area contributed by atoms with Crippen LogP contribution in [0, 0.1) is 0 Å². The van der Waals surface area contributed by atoms with Crippen molar-refractivity contribution in [1.82, 2.24) is 19.7 Å². The summed E-state index contributed by atoms with van der Waals surface area (Å²) in [5.41, 5.74) is 1.76. The second kappa shape index (κ2) is 11.2. The van der Waals surface area contributed by atoms with E-state index in [2.05, 4.69) is 44.1 Å². The van der Waals surface area contributed by atoms with Crippen molar-refractivity contribution in [3.63, 3.8) is 0 Å². The van der Waals surface area contributed by atoms with Gasteiger partial charge in [0.25, 0.3) is 0 Å². The Morgan fingerprint density at radius 2 is 1.73 bits per heavy atom. The van der Waals surface area contributed by atoms with E-state index in [4.69, 9.17) is 0 Å². The molecule has 0 saturated carbocycles. The van der Waals surface area contributed by atoms with E-state index in [-0.39, 0.29) is 11.2 Å². The number of aromatic nitrogens is 4. The smallest absolute Gasteiger partial charge is 0.237 e. The maximum absolute atomic E-state index is 13.1. The summed E-state index contributed by atoms with van der Waals surface area (Å²) in [6, 6.07) is 21.8. The van der Waals surface area contributed by atoms with Gasteiger partial charge in [0.05, 0.1) is 10.9 Å². The minimum absolute atomic E-state index is 0.0716. The standard InChI is InChI=1S/C25H25N5OS2/c1-3-17-30-23(19-13-15-26-16-14-19)28-29-25(30)32-18(2)24(31)27-21-11-7-8-12-22(21)33-20-9-5-4-6-10-20/h4-16,18H,3,17H2,1-2H3,(H,27,31). The molecule has 0 saturated heterocycles. The molecule has 2 aromatic carbocycles. The average Bonchev–Trinajstić information content (AvgIpc) is 3.24. The first-order valence-corrected chi connectivity index (χ1v) is 12.5. The number of nitrogens with zero attached hydrogens (tertiary/aromatic N) is 4. The summed E-state index contributed by atoms with van der Waals surface area (Å²) in [5.74, 6) is 0.719. The Labute approximate surface area is 202 Å². The van der Waals surface area contributed by atoms with Crippen LogP contribution in [0.4, 0.5) is 5.69 Å². The summed E-state index contributed by atoms with van der Waals surface area (Å²) in [6.07, 6.45) is 4.43. The second-order valence-electron chi connectivity index (χ2n) is 7.35. The molecule has 0 radical (unpaired) electrons. The van der Waals surface area contributed by atoms with Gasteiger partial charge < -0.3 is 9.88 Å². The molecule has 1 atom stereocenters. The first-order chi connectivity index (χ1) is 16.2. The van der Waals surface area contributed by atoms with Crippen LogP contribution < -0.4 is 5.32 Å². The van der Waals surface area contributed by atoms with Crippen LogP contribution in [-0.2, 0) is 11.3 Å². The zero-order valence-electron chi connectivity index (χ0n) is 18.5. The van der Waals surface area contributed by atoms with E-state index in [1.807, 2.05) is 61.5 Å². The number of thioether (sulfide) groups is 1. The Kier molecular flexibility index (Phi) is 7.80. The first kappa shape index (κ1) is 23.1. The number of hydrogen-bond acceptors (Lipinski definition) is 6. The summed E-state index contributed by atoms with van der Waals surface area (Å²) < 4.78 is 2.07. The predicted molar refractivity (Wildman–Crippen MR) is 134 cm³/mol. The minimum Gasteiger partial charge on any atom is -0.324 e. The fourth-order valence-corrected chi connectivity index (χ4v) is 5.03. The summed E-state index contributed by atoms with van der Waals surface area (Å²) in [7, 11) is 0. The van der Waals surface area contributed by atoms with Crippen LogP contribution in [0.15, 0.2) is 94.1 Å². The highest BCUT2D eigenvalue weighted by Gasteiger charge is 2.21. The van der Waals surface area contributed by atoms with Crippen molar-refractivity contribution >= 4 is 35.1 Å². The van der Waals surface area contributed by atoms with Gasteiger partial charge in [-0.15, -0.1) is 10.2 Å². The van der Waals surface area contributed by atoms with Gasteiger partial charge in [0.2, 0.25) is 5.91 Å². The van der Waals surface area contributed by atoms with Crippen LogP contribution in [0.1, 0.15) is 20.3 Å². The van der Waals surface area contributed by atoms with Gasteiger partial charge in [-0.1, -0.05) is 60.8 Å². The molecule has 0 bridgehead atoms. The Morgan fingerprint density at radius 1 is 1.00 bits per heavy atom. The maximum Gasteiger partial charge on any atom is 0.237 e. The number of anilines is 1. The highest BCUT2D eigenvalue weighted by atomic mass is 32.2. The number of amides is 1. The number of pyridine rings is 1. The Hall–Kier alpha value is -3.10. The highest BCUT2D eigenvalue weighted by Crippen LogP contribution is 2.34. The molecule has 0 spiro atoms. The molecule has 168 valence electrons. The lowest BCUT2D eigenvalue weighted by atomic mass is 10.2. The van der Waals surface area contributed by atoms with Crippen molar-refractivity contribution < 1.29 is 4.79 Å². The molecule has 4 aromatic rings. The van der Waals surface area contributed by atoms with Crippen molar-refractivity contribution in [2.45, 2.75) is 47.0 Å². The van der Waals surface area contributed by atoms with Crippen LogP contribution in [0.5, 0.6) is 0 Å². The van der Waals surface area contributed by atoms with Gasteiger partial charge in [-0.05, 0) is 49.7 Å². The van der Waals surface area contributed by atoms with Crippen LogP contribution in [0.2, 0.25) is 0 Å². The van der Waals surface area contributed by atoms with Gasteiger partial charge in [0, 0.05) is 34.3 Å². The van der Waals surface area contributed by atoms with Gasteiger partial charge in [0.15, 0.2) is 11.0 Å². The number of benzene rings is 2. The molecule has 6 nitrogen and oxygen atoms in total. The highest BCUT2D eigenvalue weighted by molar-refractivity contribution is 8.00. The molecule has 2 aromatic heterocycles. The summed E-state index contributed by atoms with van der Waals surface area (Å²) in [4.78, 5) is 19.3. The van der Waals surface area contributed by atoms with E-state index < -0.39 is 0 Å². The molecule has 0 aliphatic rings. The van der Waals surface area contributed by atoms with Crippen molar-refractivity contribution in [1.29, 1.82) is 0 Å². The molecule has 33 heavy (non-hydrogen) atoms. The molecule has 0 aliphatic carbocycles. The summed E-state index contributed by atoms with van der Waals surface area (Å²) in [5, 5.41) is 12.3. The number of carbonyl (C=O) groups excluding carboxylic acids is 1. The second-order valence-corrected chi connectivity index (χ2v) is 9.78. The first-order valence-electron chi connectivity index (χ1n) is 10.8. The van der Waals surface area contributed by atoms with E-state index in [0.29, 0.717) is 0 Å².